The van der Waals surface area contributed by atoms with Crippen LogP contribution in [0.1, 0.15) is 44.8 Å². The highest BCUT2D eigenvalue weighted by atomic mass is 32.2. The lowest BCUT2D eigenvalue weighted by Gasteiger charge is -2.08. The normalized spacial score (nSPS) is 12.7. The van der Waals surface area contributed by atoms with Gasteiger partial charge in [0.1, 0.15) is 0 Å². The zero-order chi connectivity index (χ0) is 11.1. The molecule has 0 amide bonds. The third-order valence-electron chi connectivity index (χ3n) is 2.42. The molecule has 1 aromatic carbocycles. The zero-order valence-electron chi connectivity index (χ0n) is 9.57. The molecule has 0 fully saturated rings. The van der Waals surface area contributed by atoms with Gasteiger partial charge >= 0.3 is 0 Å². The van der Waals surface area contributed by atoms with Crippen molar-refractivity contribution in [2.75, 3.05) is 5.75 Å². The number of aliphatic hydroxyl groups is 1. The summed E-state index contributed by atoms with van der Waals surface area (Å²) in [6, 6.07) is 8.27. The monoisotopic (exact) mass is 224 g/mol. The number of aliphatic hydroxyl groups excluding tert-OH is 1. The van der Waals surface area contributed by atoms with Crippen molar-refractivity contribution in [2.24, 2.45) is 0 Å². The van der Waals surface area contributed by atoms with Gasteiger partial charge in [-0.3, -0.25) is 0 Å². The number of thioether (sulfide) groups is 1. The van der Waals surface area contributed by atoms with E-state index in [0.29, 0.717) is 0 Å². The molecule has 1 N–H and O–H groups in total. The molecule has 0 spiro atoms. The molecule has 0 radical (unpaired) electrons. The van der Waals surface area contributed by atoms with Crippen LogP contribution in [-0.2, 0) is 0 Å². The van der Waals surface area contributed by atoms with E-state index in [9.17, 15) is 5.11 Å². The van der Waals surface area contributed by atoms with Gasteiger partial charge in [-0.15, -0.1) is 11.8 Å². The summed E-state index contributed by atoms with van der Waals surface area (Å²) < 4.78 is 0. The second-order valence-electron chi connectivity index (χ2n) is 3.70. The summed E-state index contributed by atoms with van der Waals surface area (Å²) in [4.78, 5) is 1.30. The maximum absolute atomic E-state index is 9.63. The van der Waals surface area contributed by atoms with Crippen LogP contribution < -0.4 is 0 Å². The van der Waals surface area contributed by atoms with Crippen molar-refractivity contribution >= 4 is 11.8 Å². The number of unbranched alkanes of at least 4 members (excludes halogenated alkanes) is 1. The van der Waals surface area contributed by atoms with Gasteiger partial charge in [0.2, 0.25) is 0 Å². The number of hydrogen-bond donors (Lipinski definition) is 1. The van der Waals surface area contributed by atoms with Crippen LogP contribution in [-0.4, -0.2) is 10.9 Å². The van der Waals surface area contributed by atoms with Gasteiger partial charge in [0.05, 0.1) is 6.10 Å². The molecule has 1 rings (SSSR count). The summed E-state index contributed by atoms with van der Waals surface area (Å²) in [5.74, 6) is 1.19. The molecule has 0 aliphatic carbocycles. The van der Waals surface area contributed by atoms with Gasteiger partial charge in [0, 0.05) is 4.90 Å². The van der Waals surface area contributed by atoms with Crippen LogP contribution in [0.25, 0.3) is 0 Å². The molecule has 0 unspecified atom stereocenters. The Balaban J connectivity index is 2.49. The molecule has 0 bridgehead atoms. The summed E-state index contributed by atoms with van der Waals surface area (Å²) >= 11 is 1.89. The Morgan fingerprint density at radius 2 is 1.87 bits per heavy atom. The highest BCUT2D eigenvalue weighted by molar-refractivity contribution is 7.99. The Kier molecular flexibility index (Phi) is 5.81. The third kappa shape index (κ3) is 4.27. The molecule has 15 heavy (non-hydrogen) atoms. The van der Waals surface area contributed by atoms with Crippen molar-refractivity contribution < 1.29 is 5.11 Å². The average molecular weight is 224 g/mol. The number of rotatable bonds is 6. The standard InChI is InChI=1S/C13H20OS/c1-3-5-10-15-12-8-6-11(7-9-12)13(14)4-2/h6-9,13-14H,3-5,10H2,1-2H3/t13-/m1/s1. The Morgan fingerprint density at radius 3 is 2.40 bits per heavy atom. The first kappa shape index (κ1) is 12.6. The molecule has 0 saturated heterocycles. The van der Waals surface area contributed by atoms with Gasteiger partial charge < -0.3 is 5.11 Å². The minimum Gasteiger partial charge on any atom is -0.388 e. The van der Waals surface area contributed by atoms with Crippen LogP contribution in [0.2, 0.25) is 0 Å². The predicted octanol–water partition coefficient (Wildman–Crippen LogP) is 4.02. The molecular weight excluding hydrogens is 204 g/mol. The van der Waals surface area contributed by atoms with E-state index in [0.717, 1.165) is 12.0 Å². The van der Waals surface area contributed by atoms with Crippen LogP contribution in [0.4, 0.5) is 0 Å². The van der Waals surface area contributed by atoms with Crippen molar-refractivity contribution in [3.63, 3.8) is 0 Å². The Hall–Kier alpha value is -0.470. The molecule has 0 heterocycles. The smallest absolute Gasteiger partial charge is 0.0787 e. The third-order valence-corrected chi connectivity index (χ3v) is 3.52. The van der Waals surface area contributed by atoms with E-state index in [1.807, 2.05) is 30.8 Å². The molecule has 0 aliphatic rings. The minimum absolute atomic E-state index is 0.306. The lowest BCUT2D eigenvalue weighted by atomic mass is 10.1. The fourth-order valence-corrected chi connectivity index (χ4v) is 2.35. The van der Waals surface area contributed by atoms with Crippen LogP contribution in [0, 0.1) is 0 Å². The summed E-state index contributed by atoms with van der Waals surface area (Å²) in [5.41, 5.74) is 1.03. The molecule has 0 aliphatic heterocycles. The molecule has 1 aromatic rings. The van der Waals surface area contributed by atoms with Gasteiger partial charge in [-0.25, -0.2) is 0 Å². The van der Waals surface area contributed by atoms with Crippen molar-refractivity contribution in [1.82, 2.24) is 0 Å². The van der Waals surface area contributed by atoms with E-state index in [2.05, 4.69) is 19.1 Å². The van der Waals surface area contributed by atoms with Crippen molar-refractivity contribution in [3.8, 4) is 0 Å². The number of hydrogen-bond acceptors (Lipinski definition) is 2. The predicted molar refractivity (Wildman–Crippen MR) is 67.3 cm³/mol. The van der Waals surface area contributed by atoms with Crippen LogP contribution in [0.15, 0.2) is 29.2 Å². The van der Waals surface area contributed by atoms with Gasteiger partial charge in [-0.2, -0.15) is 0 Å². The van der Waals surface area contributed by atoms with Crippen molar-refractivity contribution in [1.29, 1.82) is 0 Å². The first-order chi connectivity index (χ1) is 7.27. The maximum Gasteiger partial charge on any atom is 0.0787 e. The zero-order valence-corrected chi connectivity index (χ0v) is 10.4. The fourth-order valence-electron chi connectivity index (χ4n) is 1.36. The topological polar surface area (TPSA) is 20.2 Å². The molecule has 0 aromatic heterocycles. The molecule has 1 atom stereocenters. The largest absolute Gasteiger partial charge is 0.388 e. The second-order valence-corrected chi connectivity index (χ2v) is 4.86. The molecular formula is C13H20OS. The lowest BCUT2D eigenvalue weighted by molar-refractivity contribution is 0.173. The van der Waals surface area contributed by atoms with Gasteiger partial charge in [0.15, 0.2) is 0 Å². The molecule has 84 valence electrons. The summed E-state index contributed by atoms with van der Waals surface area (Å²) in [5, 5.41) is 9.63. The highest BCUT2D eigenvalue weighted by Gasteiger charge is 2.03. The summed E-state index contributed by atoms with van der Waals surface area (Å²) in [6.45, 7) is 4.20. The van der Waals surface area contributed by atoms with Crippen LogP contribution in [0.3, 0.4) is 0 Å². The van der Waals surface area contributed by atoms with Crippen LogP contribution >= 0.6 is 11.8 Å². The van der Waals surface area contributed by atoms with Gasteiger partial charge in [-0.05, 0) is 36.3 Å². The van der Waals surface area contributed by atoms with E-state index < -0.39 is 0 Å². The fraction of sp³-hybridized carbons (Fsp3) is 0.538. The average Bonchev–Trinajstić information content (AvgIpc) is 2.29. The van der Waals surface area contributed by atoms with E-state index in [1.165, 1.54) is 23.5 Å². The summed E-state index contributed by atoms with van der Waals surface area (Å²) in [7, 11) is 0. The highest BCUT2D eigenvalue weighted by Crippen LogP contribution is 2.23. The molecule has 0 saturated carbocycles. The number of benzene rings is 1. The SMILES string of the molecule is CCCCSc1ccc([C@H](O)CC)cc1. The Morgan fingerprint density at radius 1 is 1.20 bits per heavy atom. The van der Waals surface area contributed by atoms with Crippen molar-refractivity contribution in [2.45, 2.75) is 44.1 Å². The van der Waals surface area contributed by atoms with E-state index in [-0.39, 0.29) is 6.10 Å². The first-order valence-electron chi connectivity index (χ1n) is 5.68. The first-order valence-corrected chi connectivity index (χ1v) is 6.67. The Labute approximate surface area is 96.9 Å². The van der Waals surface area contributed by atoms with Crippen molar-refractivity contribution in [3.05, 3.63) is 29.8 Å². The van der Waals surface area contributed by atoms with Crippen LogP contribution in [0.5, 0.6) is 0 Å². The summed E-state index contributed by atoms with van der Waals surface area (Å²) in [6.07, 6.45) is 2.99. The minimum atomic E-state index is -0.306. The van der Waals surface area contributed by atoms with E-state index in [1.54, 1.807) is 0 Å². The lowest BCUT2D eigenvalue weighted by Crippen LogP contribution is -1.94. The van der Waals surface area contributed by atoms with E-state index in [4.69, 9.17) is 0 Å². The second kappa shape index (κ2) is 6.91. The molecule has 1 nitrogen and oxygen atoms in total. The van der Waals surface area contributed by atoms with E-state index >= 15 is 0 Å². The quantitative estimate of drug-likeness (QED) is 0.581. The Bertz CT molecular complexity index is 268. The molecule has 2 heteroatoms. The van der Waals surface area contributed by atoms with Gasteiger partial charge in [0.25, 0.3) is 0 Å². The maximum atomic E-state index is 9.63. The van der Waals surface area contributed by atoms with Gasteiger partial charge in [-0.1, -0.05) is 32.4 Å².